The molecule has 3 aliphatic rings. The van der Waals surface area contributed by atoms with Crippen LogP contribution in [0.3, 0.4) is 0 Å². The largest absolute Gasteiger partial charge is 0.352 e. The van der Waals surface area contributed by atoms with E-state index in [1.807, 2.05) is 54.3 Å². The lowest BCUT2D eigenvalue weighted by molar-refractivity contribution is -0.122. The molecule has 3 heterocycles. The van der Waals surface area contributed by atoms with Crippen LogP contribution < -0.4 is 10.2 Å². The van der Waals surface area contributed by atoms with Gasteiger partial charge in [0.25, 0.3) is 0 Å². The van der Waals surface area contributed by atoms with Crippen molar-refractivity contribution in [3.05, 3.63) is 101 Å². The zero-order valence-corrected chi connectivity index (χ0v) is 19.3. The van der Waals surface area contributed by atoms with Crippen molar-refractivity contribution in [3.8, 4) is 0 Å². The fraction of sp³-hybridized carbons (Fsp3) is 0.207. The third kappa shape index (κ3) is 2.83. The zero-order chi connectivity index (χ0) is 24.5. The molecule has 1 spiro atoms. The smallest absolute Gasteiger partial charge is 0.238 e. The van der Waals surface area contributed by atoms with Gasteiger partial charge in [-0.3, -0.25) is 14.4 Å². The standard InChI is InChI=1S/C29H23FN2O3/c1-16-7-9-18(10-8-16)27(34)25-26(17(2)33)32-23-13-12-20(30)15-19(23)11-14-24(32)29(25)21-5-3-4-6-22(21)31-28(29)35/h3-15,24-26H,1-2H3,(H,31,35)/t24-,25+,26+,29-/m0/s1. The molecular formula is C29H23FN2O3. The highest BCUT2D eigenvalue weighted by Crippen LogP contribution is 2.57. The summed E-state index contributed by atoms with van der Waals surface area (Å²) in [6.45, 7) is 3.39. The van der Waals surface area contributed by atoms with E-state index in [0.29, 0.717) is 28.1 Å². The van der Waals surface area contributed by atoms with Crippen LogP contribution in [-0.2, 0) is 15.0 Å². The maximum Gasteiger partial charge on any atom is 0.238 e. The topological polar surface area (TPSA) is 66.5 Å². The van der Waals surface area contributed by atoms with Gasteiger partial charge in [0.05, 0.1) is 18.0 Å². The molecule has 3 aliphatic heterocycles. The van der Waals surface area contributed by atoms with E-state index in [1.165, 1.54) is 19.1 Å². The van der Waals surface area contributed by atoms with Crippen LogP contribution in [0.25, 0.3) is 6.08 Å². The first-order chi connectivity index (χ1) is 16.8. The number of benzene rings is 3. The Morgan fingerprint density at radius 3 is 2.51 bits per heavy atom. The maximum atomic E-state index is 14.3. The van der Waals surface area contributed by atoms with Crippen molar-refractivity contribution >= 4 is 34.9 Å². The summed E-state index contributed by atoms with van der Waals surface area (Å²) in [5.41, 5.74) is 2.72. The minimum Gasteiger partial charge on any atom is -0.352 e. The van der Waals surface area contributed by atoms with Crippen LogP contribution in [0.4, 0.5) is 15.8 Å². The molecule has 1 amide bonds. The van der Waals surface area contributed by atoms with Gasteiger partial charge in [0, 0.05) is 22.5 Å². The highest BCUT2D eigenvalue weighted by atomic mass is 19.1. The number of ketones is 2. The Morgan fingerprint density at radius 1 is 1.03 bits per heavy atom. The Labute approximate surface area is 202 Å². The van der Waals surface area contributed by atoms with Gasteiger partial charge in [-0.15, -0.1) is 0 Å². The minimum atomic E-state index is -1.32. The van der Waals surface area contributed by atoms with E-state index < -0.39 is 29.2 Å². The zero-order valence-electron chi connectivity index (χ0n) is 19.3. The summed E-state index contributed by atoms with van der Waals surface area (Å²) in [5.74, 6) is -2.16. The molecule has 6 rings (SSSR count). The van der Waals surface area contributed by atoms with Crippen molar-refractivity contribution < 1.29 is 18.8 Å². The second kappa shape index (κ2) is 7.47. The fourth-order valence-electron chi connectivity index (χ4n) is 6.20. The molecule has 0 saturated carbocycles. The fourth-order valence-corrected chi connectivity index (χ4v) is 6.20. The number of nitrogens with one attached hydrogen (secondary N) is 1. The Morgan fingerprint density at radius 2 is 1.77 bits per heavy atom. The average molecular weight is 467 g/mol. The lowest BCUT2D eigenvalue weighted by Gasteiger charge is -2.37. The molecule has 3 aromatic rings. The second-order valence-electron chi connectivity index (χ2n) is 9.55. The Hall–Kier alpha value is -4.06. The number of Topliss-reactive ketones (excluding diaryl/α,β-unsaturated/α-hetero) is 2. The number of carbonyl (C=O) groups excluding carboxylic acids is 3. The Kier molecular flexibility index (Phi) is 4.58. The third-order valence-electron chi connectivity index (χ3n) is 7.63. The van der Waals surface area contributed by atoms with Crippen LogP contribution in [0.1, 0.15) is 34.0 Å². The second-order valence-corrected chi connectivity index (χ2v) is 9.55. The van der Waals surface area contributed by atoms with Crippen LogP contribution in [0, 0.1) is 18.7 Å². The number of fused-ring (bicyclic) bond motifs is 6. The highest BCUT2D eigenvalue weighted by molar-refractivity contribution is 6.16. The predicted molar refractivity (Wildman–Crippen MR) is 132 cm³/mol. The van der Waals surface area contributed by atoms with Crippen molar-refractivity contribution in [3.63, 3.8) is 0 Å². The molecule has 1 fully saturated rings. The van der Waals surface area contributed by atoms with Gasteiger partial charge in [0.1, 0.15) is 11.2 Å². The van der Waals surface area contributed by atoms with Gasteiger partial charge in [-0.25, -0.2) is 4.39 Å². The quantitative estimate of drug-likeness (QED) is 0.569. The predicted octanol–water partition coefficient (Wildman–Crippen LogP) is 4.70. The molecule has 1 saturated heterocycles. The molecule has 174 valence electrons. The number of rotatable bonds is 3. The number of amides is 1. The summed E-state index contributed by atoms with van der Waals surface area (Å²) in [4.78, 5) is 43.4. The SMILES string of the molecule is CC(=O)[C@@H]1[C@H](C(=O)c2ccc(C)cc2)[C@@]2(C(=O)Nc3ccccc32)[C@@H]2C=Cc3cc(F)ccc3N12. The van der Waals surface area contributed by atoms with Crippen molar-refractivity contribution in [2.24, 2.45) is 5.92 Å². The van der Waals surface area contributed by atoms with E-state index in [4.69, 9.17) is 0 Å². The number of hydrogen-bond donors (Lipinski definition) is 1. The molecule has 0 radical (unpaired) electrons. The summed E-state index contributed by atoms with van der Waals surface area (Å²) < 4.78 is 14.1. The molecule has 35 heavy (non-hydrogen) atoms. The van der Waals surface area contributed by atoms with Crippen molar-refractivity contribution in [2.45, 2.75) is 31.3 Å². The first kappa shape index (κ1) is 21.5. The number of hydrogen-bond acceptors (Lipinski definition) is 4. The molecule has 1 N–H and O–H groups in total. The first-order valence-corrected chi connectivity index (χ1v) is 11.6. The number of carbonyl (C=O) groups is 3. The lowest BCUT2D eigenvalue weighted by Crippen LogP contribution is -2.51. The third-order valence-corrected chi connectivity index (χ3v) is 7.63. The number of para-hydroxylation sites is 1. The summed E-state index contributed by atoms with van der Waals surface area (Å²) in [6.07, 6.45) is 3.62. The molecule has 4 atom stereocenters. The van der Waals surface area contributed by atoms with E-state index >= 15 is 0 Å². The van der Waals surface area contributed by atoms with Crippen molar-refractivity contribution in [1.29, 1.82) is 0 Å². The van der Waals surface area contributed by atoms with Crippen LogP contribution >= 0.6 is 0 Å². The van der Waals surface area contributed by atoms with Crippen molar-refractivity contribution in [1.82, 2.24) is 0 Å². The average Bonchev–Trinajstić information content (AvgIpc) is 3.32. The molecule has 5 nitrogen and oxygen atoms in total. The van der Waals surface area contributed by atoms with Crippen LogP contribution in [0.2, 0.25) is 0 Å². The molecule has 0 aromatic heterocycles. The summed E-state index contributed by atoms with van der Waals surface area (Å²) >= 11 is 0. The molecule has 3 aromatic carbocycles. The van der Waals surface area contributed by atoms with Gasteiger partial charge in [-0.05, 0) is 43.7 Å². The van der Waals surface area contributed by atoms with Gasteiger partial charge >= 0.3 is 0 Å². The van der Waals surface area contributed by atoms with Gasteiger partial charge in [-0.1, -0.05) is 60.2 Å². The lowest BCUT2D eigenvalue weighted by atomic mass is 9.64. The van der Waals surface area contributed by atoms with Gasteiger partial charge < -0.3 is 10.2 Å². The minimum absolute atomic E-state index is 0.222. The van der Waals surface area contributed by atoms with Crippen LogP contribution in [-0.4, -0.2) is 29.6 Å². The van der Waals surface area contributed by atoms with Crippen LogP contribution in [0.15, 0.2) is 72.8 Å². The first-order valence-electron chi connectivity index (χ1n) is 11.6. The van der Waals surface area contributed by atoms with Gasteiger partial charge in [0.15, 0.2) is 11.6 Å². The van der Waals surface area contributed by atoms with Crippen LogP contribution in [0.5, 0.6) is 0 Å². The molecule has 6 heteroatoms. The Balaban J connectivity index is 1.65. The van der Waals surface area contributed by atoms with E-state index in [0.717, 1.165) is 5.56 Å². The monoisotopic (exact) mass is 466 g/mol. The summed E-state index contributed by atoms with van der Waals surface area (Å²) in [5, 5.41) is 2.98. The number of nitrogens with zero attached hydrogens (tertiary/aromatic N) is 1. The molecule has 0 unspecified atom stereocenters. The Bertz CT molecular complexity index is 1440. The molecule has 0 bridgehead atoms. The van der Waals surface area contributed by atoms with E-state index in [1.54, 1.807) is 24.3 Å². The summed E-state index contributed by atoms with van der Waals surface area (Å²) in [7, 11) is 0. The van der Waals surface area contributed by atoms with Crippen molar-refractivity contribution in [2.75, 3.05) is 10.2 Å². The van der Waals surface area contributed by atoms with E-state index in [-0.39, 0.29) is 17.5 Å². The van der Waals surface area contributed by atoms with Gasteiger partial charge in [0.2, 0.25) is 5.91 Å². The summed E-state index contributed by atoms with van der Waals surface area (Å²) in [6, 6.07) is 17.4. The number of anilines is 2. The molecular weight excluding hydrogens is 443 g/mol. The maximum absolute atomic E-state index is 14.3. The van der Waals surface area contributed by atoms with E-state index in [2.05, 4.69) is 5.32 Å². The number of halogens is 1. The van der Waals surface area contributed by atoms with Gasteiger partial charge in [-0.2, -0.15) is 0 Å². The molecule has 0 aliphatic carbocycles. The van der Waals surface area contributed by atoms with E-state index in [9.17, 15) is 18.8 Å². The normalized spacial score (nSPS) is 25.7. The highest BCUT2D eigenvalue weighted by Gasteiger charge is 2.69. The number of aryl methyl sites for hydroxylation is 1.